The Hall–Kier alpha value is -3.54. The number of fused-ring (bicyclic) bond motifs is 1. The van der Waals surface area contributed by atoms with Gasteiger partial charge in [0.1, 0.15) is 17.6 Å². The van der Waals surface area contributed by atoms with Crippen molar-refractivity contribution in [2.75, 3.05) is 14.2 Å². The lowest BCUT2D eigenvalue weighted by Crippen LogP contribution is -2.25. The molecule has 2 aromatic heterocycles. The lowest BCUT2D eigenvalue weighted by molar-refractivity contribution is 0.0786. The van der Waals surface area contributed by atoms with Crippen molar-refractivity contribution in [2.24, 2.45) is 0 Å². The number of ether oxygens (including phenoxy) is 1. The van der Waals surface area contributed by atoms with Gasteiger partial charge >= 0.3 is 0 Å². The summed E-state index contributed by atoms with van der Waals surface area (Å²) in [7, 11) is 3.40. The highest BCUT2D eigenvalue weighted by Gasteiger charge is 2.18. The van der Waals surface area contributed by atoms with E-state index in [1.54, 1.807) is 29.9 Å². The van der Waals surface area contributed by atoms with Crippen molar-refractivity contribution < 1.29 is 13.9 Å². The number of methoxy groups -OCH3 is 1. The van der Waals surface area contributed by atoms with Crippen LogP contribution in [0.2, 0.25) is 0 Å². The van der Waals surface area contributed by atoms with E-state index in [1.807, 2.05) is 54.7 Å². The molecule has 2 heterocycles. The molecule has 27 heavy (non-hydrogen) atoms. The fraction of sp³-hybridized carbons (Fsp3) is 0.143. The van der Waals surface area contributed by atoms with Crippen molar-refractivity contribution >= 4 is 16.9 Å². The normalized spacial score (nSPS) is 10.9. The molecule has 0 unspecified atom stereocenters. The van der Waals surface area contributed by atoms with E-state index in [9.17, 15) is 4.79 Å². The molecule has 6 nitrogen and oxygen atoms in total. The van der Waals surface area contributed by atoms with Crippen LogP contribution in [-0.2, 0) is 6.54 Å². The number of hydrogen-bond donors (Lipinski definition) is 0. The lowest BCUT2D eigenvalue weighted by Gasteiger charge is -2.15. The van der Waals surface area contributed by atoms with Crippen molar-refractivity contribution in [1.29, 1.82) is 0 Å². The Labute approximate surface area is 156 Å². The Kier molecular flexibility index (Phi) is 4.38. The second kappa shape index (κ2) is 6.99. The van der Waals surface area contributed by atoms with Crippen LogP contribution in [0, 0.1) is 0 Å². The SMILES string of the molecule is COc1cccc(-n2cc(CN(C)C(=O)c3coc4ccccc34)cn2)c1. The number of nitrogens with zero attached hydrogens (tertiary/aromatic N) is 3. The van der Waals surface area contributed by atoms with Gasteiger partial charge in [-0.3, -0.25) is 4.79 Å². The van der Waals surface area contributed by atoms with Gasteiger partial charge in [-0.2, -0.15) is 5.10 Å². The standard InChI is InChI=1S/C21H19N3O3/c1-23(21(25)19-14-27-20-9-4-3-8-18(19)20)12-15-11-22-24(13-15)16-6-5-7-17(10-16)26-2/h3-11,13-14H,12H2,1-2H3. The van der Waals surface area contributed by atoms with Gasteiger partial charge in [-0.25, -0.2) is 4.68 Å². The van der Waals surface area contributed by atoms with Crippen LogP contribution in [0.3, 0.4) is 0 Å². The third-order valence-corrected chi connectivity index (χ3v) is 4.43. The molecule has 0 radical (unpaired) electrons. The van der Waals surface area contributed by atoms with Crippen LogP contribution in [0.1, 0.15) is 15.9 Å². The number of aromatic nitrogens is 2. The first kappa shape index (κ1) is 16.9. The molecule has 2 aromatic carbocycles. The van der Waals surface area contributed by atoms with Gasteiger partial charge in [0.15, 0.2) is 0 Å². The minimum absolute atomic E-state index is 0.0888. The molecular weight excluding hydrogens is 342 g/mol. The zero-order valence-electron chi connectivity index (χ0n) is 15.1. The van der Waals surface area contributed by atoms with E-state index < -0.39 is 0 Å². The molecule has 0 aliphatic heterocycles. The number of amides is 1. The highest BCUT2D eigenvalue weighted by molar-refractivity contribution is 6.05. The molecule has 0 saturated heterocycles. The number of para-hydroxylation sites is 1. The van der Waals surface area contributed by atoms with Gasteiger partial charge < -0.3 is 14.1 Å². The summed E-state index contributed by atoms with van der Waals surface area (Å²) in [5.74, 6) is 0.678. The van der Waals surface area contributed by atoms with Crippen LogP contribution < -0.4 is 4.74 Å². The number of carbonyl (C=O) groups is 1. The molecule has 0 bridgehead atoms. The summed E-state index contributed by atoms with van der Waals surface area (Å²) >= 11 is 0. The summed E-state index contributed by atoms with van der Waals surface area (Å²) in [5.41, 5.74) is 3.10. The number of rotatable bonds is 5. The first-order valence-electron chi connectivity index (χ1n) is 8.55. The first-order chi connectivity index (χ1) is 13.2. The molecule has 0 atom stereocenters. The molecular formula is C21H19N3O3. The summed E-state index contributed by atoms with van der Waals surface area (Å²) in [5, 5.41) is 5.21. The van der Waals surface area contributed by atoms with Crippen LogP contribution in [0.4, 0.5) is 0 Å². The molecule has 0 spiro atoms. The van der Waals surface area contributed by atoms with E-state index in [0.29, 0.717) is 17.7 Å². The Morgan fingerprint density at radius 2 is 2.07 bits per heavy atom. The van der Waals surface area contributed by atoms with Crippen molar-refractivity contribution in [3.05, 3.63) is 78.3 Å². The topological polar surface area (TPSA) is 60.5 Å². The van der Waals surface area contributed by atoms with Crippen molar-refractivity contribution in [3.8, 4) is 11.4 Å². The maximum atomic E-state index is 12.8. The van der Waals surface area contributed by atoms with Crippen LogP contribution in [0.5, 0.6) is 5.75 Å². The molecule has 0 saturated carbocycles. The summed E-state index contributed by atoms with van der Waals surface area (Å²) in [6.07, 6.45) is 5.19. The van der Waals surface area contributed by atoms with Crippen molar-refractivity contribution in [3.63, 3.8) is 0 Å². The smallest absolute Gasteiger partial charge is 0.257 e. The van der Waals surface area contributed by atoms with Crippen LogP contribution in [0.15, 0.2) is 71.6 Å². The summed E-state index contributed by atoms with van der Waals surface area (Å²) in [6.45, 7) is 0.447. The van der Waals surface area contributed by atoms with Gasteiger partial charge in [0.05, 0.1) is 24.6 Å². The number of furan rings is 1. The minimum atomic E-state index is -0.0888. The Balaban J connectivity index is 1.52. The number of carbonyl (C=O) groups excluding carboxylic acids is 1. The van der Waals surface area contributed by atoms with Crippen molar-refractivity contribution in [1.82, 2.24) is 14.7 Å². The quantitative estimate of drug-likeness (QED) is 0.541. The Morgan fingerprint density at radius 1 is 1.22 bits per heavy atom. The number of benzene rings is 2. The monoisotopic (exact) mass is 361 g/mol. The maximum absolute atomic E-state index is 12.8. The molecule has 6 heteroatoms. The molecule has 136 valence electrons. The molecule has 0 aliphatic rings. The fourth-order valence-electron chi connectivity index (χ4n) is 3.03. The average molecular weight is 361 g/mol. The molecule has 0 aliphatic carbocycles. The average Bonchev–Trinajstić information content (AvgIpc) is 3.34. The minimum Gasteiger partial charge on any atom is -0.497 e. The Morgan fingerprint density at radius 3 is 2.93 bits per heavy atom. The van der Waals surface area contributed by atoms with Gasteiger partial charge in [0, 0.05) is 36.8 Å². The van der Waals surface area contributed by atoms with Crippen LogP contribution in [0.25, 0.3) is 16.7 Å². The van der Waals surface area contributed by atoms with E-state index in [2.05, 4.69) is 5.10 Å². The second-order valence-electron chi connectivity index (χ2n) is 6.30. The Bertz CT molecular complexity index is 1100. The third-order valence-electron chi connectivity index (χ3n) is 4.43. The van der Waals surface area contributed by atoms with Crippen molar-refractivity contribution in [2.45, 2.75) is 6.54 Å². The van der Waals surface area contributed by atoms with E-state index in [-0.39, 0.29) is 5.91 Å². The van der Waals surface area contributed by atoms with Gasteiger partial charge in [0.2, 0.25) is 0 Å². The second-order valence-corrected chi connectivity index (χ2v) is 6.30. The fourth-order valence-corrected chi connectivity index (χ4v) is 3.03. The predicted octanol–water partition coefficient (Wildman–Crippen LogP) is 3.90. The molecule has 0 N–H and O–H groups in total. The molecule has 4 aromatic rings. The summed E-state index contributed by atoms with van der Waals surface area (Å²) in [4.78, 5) is 14.5. The van der Waals surface area contributed by atoms with E-state index in [4.69, 9.17) is 9.15 Å². The van der Waals surface area contributed by atoms with Crippen LogP contribution >= 0.6 is 0 Å². The van der Waals surface area contributed by atoms with Gasteiger partial charge in [-0.1, -0.05) is 24.3 Å². The first-order valence-corrected chi connectivity index (χ1v) is 8.55. The summed E-state index contributed by atoms with van der Waals surface area (Å²) < 4.78 is 12.5. The van der Waals surface area contributed by atoms with Gasteiger partial charge in [-0.15, -0.1) is 0 Å². The lowest BCUT2D eigenvalue weighted by atomic mass is 10.1. The highest BCUT2D eigenvalue weighted by atomic mass is 16.5. The zero-order chi connectivity index (χ0) is 18.8. The van der Waals surface area contributed by atoms with E-state index in [0.717, 1.165) is 22.4 Å². The largest absolute Gasteiger partial charge is 0.497 e. The predicted molar refractivity (Wildman–Crippen MR) is 102 cm³/mol. The van der Waals surface area contributed by atoms with E-state index >= 15 is 0 Å². The number of hydrogen-bond acceptors (Lipinski definition) is 4. The van der Waals surface area contributed by atoms with Gasteiger partial charge in [0.25, 0.3) is 5.91 Å². The highest BCUT2D eigenvalue weighted by Crippen LogP contribution is 2.22. The molecule has 1 amide bonds. The summed E-state index contributed by atoms with van der Waals surface area (Å²) in [6, 6.07) is 15.2. The zero-order valence-corrected chi connectivity index (χ0v) is 15.1. The maximum Gasteiger partial charge on any atom is 0.257 e. The molecule has 4 rings (SSSR count). The van der Waals surface area contributed by atoms with Gasteiger partial charge in [-0.05, 0) is 18.2 Å². The van der Waals surface area contributed by atoms with E-state index in [1.165, 1.54) is 6.26 Å². The third kappa shape index (κ3) is 3.29. The van der Waals surface area contributed by atoms with Crippen LogP contribution in [-0.4, -0.2) is 34.7 Å². The molecule has 0 fully saturated rings.